The third kappa shape index (κ3) is 3.37. The Morgan fingerprint density at radius 1 is 1.44 bits per heavy atom. The van der Waals surface area contributed by atoms with E-state index in [0.717, 1.165) is 13.0 Å². The monoisotopic (exact) mass is 228 g/mol. The molecule has 3 amide bonds. The number of nitrogens with two attached hydrogens (primary N) is 1. The maximum Gasteiger partial charge on any atom is 0.334 e. The van der Waals surface area contributed by atoms with Crippen LogP contribution in [0.3, 0.4) is 0 Å². The van der Waals surface area contributed by atoms with Crippen LogP contribution in [-0.2, 0) is 4.79 Å². The topological polar surface area (TPSA) is 69.9 Å². The lowest BCUT2D eigenvalue weighted by Gasteiger charge is -2.32. The van der Waals surface area contributed by atoms with Gasteiger partial charge in [-0.1, -0.05) is 0 Å². The molecule has 0 aliphatic carbocycles. The minimum absolute atomic E-state index is 0.0917. The van der Waals surface area contributed by atoms with E-state index in [1.807, 2.05) is 0 Å². The molecule has 16 heavy (non-hydrogen) atoms. The zero-order valence-corrected chi connectivity index (χ0v) is 9.98. The van der Waals surface area contributed by atoms with Gasteiger partial charge in [-0.25, -0.2) is 10.6 Å². The van der Waals surface area contributed by atoms with Crippen LogP contribution in [0.2, 0.25) is 0 Å². The van der Waals surface area contributed by atoms with Crippen LogP contribution in [0.25, 0.3) is 0 Å². The van der Waals surface area contributed by atoms with Crippen molar-refractivity contribution in [2.45, 2.75) is 19.3 Å². The first-order valence-electron chi connectivity index (χ1n) is 5.53. The van der Waals surface area contributed by atoms with Gasteiger partial charge >= 0.3 is 6.03 Å². The number of hydrazine groups is 1. The molecule has 0 aromatic heterocycles. The molecule has 0 spiro atoms. The molecule has 6 heteroatoms. The minimum Gasteiger partial charge on any atom is -0.349 e. The Morgan fingerprint density at radius 3 is 2.75 bits per heavy atom. The Bertz CT molecular complexity index is 268. The van der Waals surface area contributed by atoms with Gasteiger partial charge < -0.3 is 9.80 Å². The van der Waals surface area contributed by atoms with Gasteiger partial charge in [0.15, 0.2) is 0 Å². The summed E-state index contributed by atoms with van der Waals surface area (Å²) in [6.45, 7) is 1.96. The van der Waals surface area contributed by atoms with Gasteiger partial charge in [-0.3, -0.25) is 9.80 Å². The highest BCUT2D eigenvalue weighted by Crippen LogP contribution is 2.07. The van der Waals surface area contributed by atoms with Crippen molar-refractivity contribution in [1.82, 2.24) is 14.8 Å². The molecule has 0 aromatic carbocycles. The SMILES string of the molecule is CN(C)C(=O)CCCN1CCCN(N)C1=O. The number of rotatable bonds is 4. The molecule has 1 saturated heterocycles. The third-order valence-corrected chi connectivity index (χ3v) is 2.66. The number of hydrogen-bond donors (Lipinski definition) is 1. The van der Waals surface area contributed by atoms with Gasteiger partial charge in [0, 0.05) is 40.2 Å². The summed E-state index contributed by atoms with van der Waals surface area (Å²) in [6, 6.07) is -0.136. The Morgan fingerprint density at radius 2 is 2.12 bits per heavy atom. The number of amides is 3. The van der Waals surface area contributed by atoms with E-state index in [0.29, 0.717) is 25.9 Å². The van der Waals surface area contributed by atoms with Gasteiger partial charge in [0.05, 0.1) is 0 Å². The molecule has 0 atom stereocenters. The maximum absolute atomic E-state index is 11.6. The molecule has 1 aliphatic heterocycles. The number of nitrogens with zero attached hydrogens (tertiary/aromatic N) is 3. The smallest absolute Gasteiger partial charge is 0.334 e. The first-order valence-corrected chi connectivity index (χ1v) is 5.53. The van der Waals surface area contributed by atoms with Gasteiger partial charge in [0.2, 0.25) is 5.91 Å². The molecule has 92 valence electrons. The highest BCUT2D eigenvalue weighted by atomic mass is 16.2. The molecule has 1 heterocycles. The zero-order chi connectivity index (χ0) is 12.1. The predicted molar refractivity (Wildman–Crippen MR) is 60.4 cm³/mol. The van der Waals surface area contributed by atoms with Gasteiger partial charge in [-0.2, -0.15) is 0 Å². The van der Waals surface area contributed by atoms with E-state index in [1.54, 1.807) is 23.9 Å². The number of hydrogen-bond acceptors (Lipinski definition) is 3. The van der Waals surface area contributed by atoms with E-state index in [4.69, 9.17) is 5.84 Å². The molecule has 0 saturated carbocycles. The second-order valence-electron chi connectivity index (χ2n) is 4.21. The van der Waals surface area contributed by atoms with Crippen LogP contribution >= 0.6 is 0 Å². The average molecular weight is 228 g/mol. The van der Waals surface area contributed by atoms with Crippen molar-refractivity contribution >= 4 is 11.9 Å². The summed E-state index contributed by atoms with van der Waals surface area (Å²) in [6.07, 6.45) is 2.06. The summed E-state index contributed by atoms with van der Waals surface area (Å²) >= 11 is 0. The Kier molecular flexibility index (Phi) is 4.54. The van der Waals surface area contributed by atoms with Crippen molar-refractivity contribution in [3.05, 3.63) is 0 Å². The molecule has 1 rings (SSSR count). The summed E-state index contributed by atoms with van der Waals surface area (Å²) in [7, 11) is 3.46. The van der Waals surface area contributed by atoms with Crippen LogP contribution in [0.15, 0.2) is 0 Å². The normalized spacial score (nSPS) is 16.6. The Hall–Kier alpha value is -1.30. The number of carbonyl (C=O) groups excluding carboxylic acids is 2. The fourth-order valence-corrected chi connectivity index (χ4v) is 1.66. The highest BCUT2D eigenvalue weighted by molar-refractivity contribution is 5.76. The van der Waals surface area contributed by atoms with Gasteiger partial charge in [0.25, 0.3) is 0 Å². The van der Waals surface area contributed by atoms with Crippen LogP contribution in [0.5, 0.6) is 0 Å². The fourth-order valence-electron chi connectivity index (χ4n) is 1.66. The van der Waals surface area contributed by atoms with Gasteiger partial charge in [0.1, 0.15) is 0 Å². The molecule has 1 fully saturated rings. The molecule has 0 unspecified atom stereocenters. The van der Waals surface area contributed by atoms with Crippen molar-refractivity contribution in [3.8, 4) is 0 Å². The molecular weight excluding hydrogens is 208 g/mol. The van der Waals surface area contributed by atoms with E-state index in [9.17, 15) is 9.59 Å². The molecule has 2 N–H and O–H groups in total. The van der Waals surface area contributed by atoms with Crippen molar-refractivity contribution in [2.24, 2.45) is 5.84 Å². The molecule has 1 aliphatic rings. The van der Waals surface area contributed by atoms with Crippen LogP contribution in [-0.4, -0.2) is 60.5 Å². The largest absolute Gasteiger partial charge is 0.349 e. The van der Waals surface area contributed by atoms with Crippen LogP contribution in [0, 0.1) is 0 Å². The summed E-state index contributed by atoms with van der Waals surface area (Å²) < 4.78 is 0. The molecule has 6 nitrogen and oxygen atoms in total. The molecule has 0 aromatic rings. The Balaban J connectivity index is 2.27. The van der Waals surface area contributed by atoms with E-state index in [1.165, 1.54) is 5.01 Å². The van der Waals surface area contributed by atoms with Crippen LogP contribution < -0.4 is 5.84 Å². The number of urea groups is 1. The van der Waals surface area contributed by atoms with Crippen molar-refractivity contribution in [2.75, 3.05) is 33.7 Å². The summed E-state index contributed by atoms with van der Waals surface area (Å²) in [4.78, 5) is 26.1. The zero-order valence-electron chi connectivity index (χ0n) is 9.98. The van der Waals surface area contributed by atoms with E-state index in [2.05, 4.69) is 0 Å². The lowest BCUT2D eigenvalue weighted by atomic mass is 10.2. The quantitative estimate of drug-likeness (QED) is 0.537. The van der Waals surface area contributed by atoms with Gasteiger partial charge in [-0.05, 0) is 12.8 Å². The summed E-state index contributed by atoms with van der Waals surface area (Å²) in [5.41, 5.74) is 0. The van der Waals surface area contributed by atoms with Crippen molar-refractivity contribution in [1.29, 1.82) is 0 Å². The summed E-state index contributed by atoms with van der Waals surface area (Å²) in [5, 5.41) is 1.23. The maximum atomic E-state index is 11.6. The van der Waals surface area contributed by atoms with Crippen molar-refractivity contribution in [3.63, 3.8) is 0 Å². The van der Waals surface area contributed by atoms with E-state index >= 15 is 0 Å². The first kappa shape index (κ1) is 12.8. The molecular formula is C10H20N4O2. The Labute approximate surface area is 95.9 Å². The lowest BCUT2D eigenvalue weighted by molar-refractivity contribution is -0.128. The number of carbonyl (C=O) groups is 2. The third-order valence-electron chi connectivity index (χ3n) is 2.66. The molecule has 0 bridgehead atoms. The lowest BCUT2D eigenvalue weighted by Crippen LogP contribution is -2.52. The standard InChI is InChI=1S/C10H20N4O2/c1-12(2)9(15)5-3-6-13-7-4-8-14(11)10(13)16/h3-8,11H2,1-2H3. The summed E-state index contributed by atoms with van der Waals surface area (Å²) in [5.74, 6) is 5.61. The average Bonchev–Trinajstić information content (AvgIpc) is 2.24. The van der Waals surface area contributed by atoms with E-state index in [-0.39, 0.29) is 11.9 Å². The van der Waals surface area contributed by atoms with Crippen LogP contribution in [0.4, 0.5) is 4.79 Å². The second-order valence-corrected chi connectivity index (χ2v) is 4.21. The highest BCUT2D eigenvalue weighted by Gasteiger charge is 2.22. The van der Waals surface area contributed by atoms with Crippen LogP contribution in [0.1, 0.15) is 19.3 Å². The van der Waals surface area contributed by atoms with Crippen molar-refractivity contribution < 1.29 is 9.59 Å². The fraction of sp³-hybridized carbons (Fsp3) is 0.800. The van der Waals surface area contributed by atoms with E-state index < -0.39 is 0 Å². The first-order chi connectivity index (χ1) is 7.52. The second kappa shape index (κ2) is 5.69. The van der Waals surface area contributed by atoms with Gasteiger partial charge in [-0.15, -0.1) is 0 Å². The predicted octanol–water partition coefficient (Wildman–Crippen LogP) is -0.144. The minimum atomic E-state index is -0.136. The molecule has 0 radical (unpaired) electrons.